The monoisotopic (exact) mass is 432 g/mol. The Labute approximate surface area is 188 Å². The molecule has 2 heterocycles. The predicted molar refractivity (Wildman–Crippen MR) is 126 cm³/mol. The average molecular weight is 433 g/mol. The molecule has 32 heavy (non-hydrogen) atoms. The molecule has 1 fully saturated rings. The molecule has 0 aliphatic carbocycles. The van der Waals surface area contributed by atoms with Crippen molar-refractivity contribution < 1.29 is 14.3 Å². The number of hydrogen-bond donors (Lipinski definition) is 1. The molecular weight excluding hydrogens is 404 g/mol. The summed E-state index contributed by atoms with van der Waals surface area (Å²) < 4.78 is 11.3. The largest absolute Gasteiger partial charge is 0.494 e. The van der Waals surface area contributed by atoms with Crippen LogP contribution in [0.2, 0.25) is 0 Å². The average Bonchev–Trinajstić information content (AvgIpc) is 2.83. The molecule has 1 amide bonds. The zero-order chi connectivity index (χ0) is 22.2. The smallest absolute Gasteiger partial charge is 0.238 e. The Hall–Kier alpha value is -3.58. The van der Waals surface area contributed by atoms with Gasteiger partial charge in [-0.25, -0.2) is 4.98 Å². The van der Waals surface area contributed by atoms with Crippen LogP contribution >= 0.6 is 0 Å². The lowest BCUT2D eigenvalue weighted by atomic mass is 10.2. The van der Waals surface area contributed by atoms with Gasteiger partial charge in [-0.05, 0) is 67.6 Å². The summed E-state index contributed by atoms with van der Waals surface area (Å²) in [6, 6.07) is 20.8. The second kappa shape index (κ2) is 10.6. The molecule has 166 valence electrons. The van der Waals surface area contributed by atoms with E-state index in [0.29, 0.717) is 18.9 Å². The van der Waals surface area contributed by atoms with Gasteiger partial charge in [0.2, 0.25) is 5.91 Å². The highest BCUT2D eigenvalue weighted by molar-refractivity contribution is 5.92. The van der Waals surface area contributed by atoms with E-state index >= 15 is 0 Å². The lowest BCUT2D eigenvalue weighted by Crippen LogP contribution is -2.48. The Balaban J connectivity index is 1.22. The van der Waals surface area contributed by atoms with E-state index in [1.807, 2.05) is 79.9 Å². The fourth-order valence-corrected chi connectivity index (χ4v) is 3.59. The lowest BCUT2D eigenvalue weighted by molar-refractivity contribution is -0.117. The third kappa shape index (κ3) is 5.98. The van der Waals surface area contributed by atoms with Crippen molar-refractivity contribution in [3.63, 3.8) is 0 Å². The number of aromatic nitrogens is 1. The van der Waals surface area contributed by atoms with Crippen molar-refractivity contribution >= 4 is 17.4 Å². The molecule has 0 spiro atoms. The second-order valence-corrected chi connectivity index (χ2v) is 7.53. The molecule has 0 radical (unpaired) electrons. The molecule has 7 nitrogen and oxygen atoms in total. The summed E-state index contributed by atoms with van der Waals surface area (Å²) in [5, 5.41) is 2.97. The van der Waals surface area contributed by atoms with Gasteiger partial charge in [-0.15, -0.1) is 0 Å². The van der Waals surface area contributed by atoms with Crippen LogP contribution in [0.15, 0.2) is 72.9 Å². The van der Waals surface area contributed by atoms with E-state index in [1.54, 1.807) is 0 Å². The third-order valence-corrected chi connectivity index (χ3v) is 5.22. The number of carbonyl (C=O) groups is 1. The van der Waals surface area contributed by atoms with Gasteiger partial charge in [0.25, 0.3) is 0 Å². The van der Waals surface area contributed by atoms with Crippen molar-refractivity contribution in [2.45, 2.75) is 6.92 Å². The maximum Gasteiger partial charge on any atom is 0.238 e. The number of benzene rings is 2. The molecule has 3 aromatic rings. The lowest BCUT2D eigenvalue weighted by Gasteiger charge is -2.34. The van der Waals surface area contributed by atoms with E-state index < -0.39 is 0 Å². The summed E-state index contributed by atoms with van der Waals surface area (Å²) in [4.78, 5) is 21.3. The summed E-state index contributed by atoms with van der Waals surface area (Å²) in [7, 11) is 0. The fourth-order valence-electron chi connectivity index (χ4n) is 3.59. The minimum atomic E-state index is -0.0172. The van der Waals surface area contributed by atoms with Crippen molar-refractivity contribution in [3.8, 4) is 17.2 Å². The van der Waals surface area contributed by atoms with Crippen LogP contribution in [0, 0.1) is 0 Å². The fraction of sp³-hybridized carbons (Fsp3) is 0.280. The molecule has 2 aromatic carbocycles. The number of hydrogen-bond acceptors (Lipinski definition) is 6. The minimum Gasteiger partial charge on any atom is -0.494 e. The van der Waals surface area contributed by atoms with E-state index in [0.717, 1.165) is 49.2 Å². The van der Waals surface area contributed by atoms with Gasteiger partial charge in [0.05, 0.1) is 13.2 Å². The van der Waals surface area contributed by atoms with Gasteiger partial charge in [-0.2, -0.15) is 0 Å². The van der Waals surface area contributed by atoms with Crippen LogP contribution in [0.3, 0.4) is 0 Å². The summed E-state index contributed by atoms with van der Waals surface area (Å²) >= 11 is 0. The molecular formula is C25H28N4O3. The zero-order valence-electron chi connectivity index (χ0n) is 18.2. The molecule has 0 saturated carbocycles. The third-order valence-electron chi connectivity index (χ3n) is 5.22. The normalized spacial score (nSPS) is 14.1. The number of pyridine rings is 1. The zero-order valence-corrected chi connectivity index (χ0v) is 18.2. The standard InChI is InChI=1S/C25H28N4O3/c1-2-31-21-10-12-23(13-11-21)32-22-8-6-20(7-9-22)27-25(30)19-28-15-17-29(18-16-28)24-5-3-4-14-26-24/h3-14H,2,15-19H2,1H3,(H,27,30). The number of piperazine rings is 1. The number of nitrogens with zero attached hydrogens (tertiary/aromatic N) is 3. The molecule has 4 rings (SSSR count). The van der Waals surface area contributed by atoms with Crippen molar-refractivity contribution in [2.75, 3.05) is 49.5 Å². The molecule has 1 aliphatic heterocycles. The van der Waals surface area contributed by atoms with Crippen molar-refractivity contribution in [2.24, 2.45) is 0 Å². The first-order valence-electron chi connectivity index (χ1n) is 10.9. The molecule has 7 heteroatoms. The number of ether oxygens (including phenoxy) is 2. The molecule has 0 unspecified atom stereocenters. The van der Waals surface area contributed by atoms with E-state index in [1.165, 1.54) is 0 Å². The summed E-state index contributed by atoms with van der Waals surface area (Å²) in [5.74, 6) is 3.23. The van der Waals surface area contributed by atoms with Gasteiger partial charge >= 0.3 is 0 Å². The van der Waals surface area contributed by atoms with Crippen molar-refractivity contribution in [1.29, 1.82) is 0 Å². The Morgan fingerprint density at radius 2 is 1.56 bits per heavy atom. The second-order valence-electron chi connectivity index (χ2n) is 7.53. The number of anilines is 2. The Kier molecular flexibility index (Phi) is 7.19. The molecule has 0 atom stereocenters. The van der Waals surface area contributed by atoms with Crippen LogP contribution in [0.25, 0.3) is 0 Å². The number of rotatable bonds is 8. The molecule has 0 bridgehead atoms. The van der Waals surface area contributed by atoms with Crippen LogP contribution in [0.5, 0.6) is 17.2 Å². The quantitative estimate of drug-likeness (QED) is 0.580. The SMILES string of the molecule is CCOc1ccc(Oc2ccc(NC(=O)CN3CCN(c4ccccn4)CC3)cc2)cc1. The highest BCUT2D eigenvalue weighted by Gasteiger charge is 2.19. The molecule has 1 aromatic heterocycles. The van der Waals surface area contributed by atoms with E-state index in [4.69, 9.17) is 9.47 Å². The van der Waals surface area contributed by atoms with E-state index in [9.17, 15) is 4.79 Å². The summed E-state index contributed by atoms with van der Waals surface area (Å²) in [5.41, 5.74) is 0.751. The first-order valence-corrected chi connectivity index (χ1v) is 10.9. The van der Waals surface area contributed by atoms with Gasteiger partial charge < -0.3 is 19.7 Å². The maximum absolute atomic E-state index is 12.5. The molecule has 1 saturated heterocycles. The highest BCUT2D eigenvalue weighted by Crippen LogP contribution is 2.25. The van der Waals surface area contributed by atoms with Crippen molar-refractivity contribution in [1.82, 2.24) is 9.88 Å². The van der Waals surface area contributed by atoms with Crippen LogP contribution < -0.4 is 19.7 Å². The maximum atomic E-state index is 12.5. The van der Waals surface area contributed by atoms with Gasteiger partial charge in [0, 0.05) is 38.1 Å². The van der Waals surface area contributed by atoms with Crippen molar-refractivity contribution in [3.05, 3.63) is 72.9 Å². The molecule has 1 N–H and O–H groups in total. The van der Waals surface area contributed by atoms with Crippen LogP contribution in [-0.2, 0) is 4.79 Å². The van der Waals surface area contributed by atoms with Crippen LogP contribution in [0.1, 0.15) is 6.92 Å². The van der Waals surface area contributed by atoms with Crippen LogP contribution in [-0.4, -0.2) is 55.1 Å². The Morgan fingerprint density at radius 1 is 0.906 bits per heavy atom. The summed E-state index contributed by atoms with van der Waals surface area (Å²) in [6.07, 6.45) is 1.81. The van der Waals surface area contributed by atoms with Gasteiger partial charge in [0.1, 0.15) is 23.1 Å². The molecule has 1 aliphatic rings. The van der Waals surface area contributed by atoms with Crippen LogP contribution in [0.4, 0.5) is 11.5 Å². The Morgan fingerprint density at radius 3 is 2.19 bits per heavy atom. The predicted octanol–water partition coefficient (Wildman–Crippen LogP) is 4.03. The highest BCUT2D eigenvalue weighted by atomic mass is 16.5. The van der Waals surface area contributed by atoms with E-state index in [2.05, 4.69) is 20.1 Å². The minimum absolute atomic E-state index is 0.0172. The Bertz CT molecular complexity index is 986. The first kappa shape index (κ1) is 21.6. The number of nitrogens with one attached hydrogen (secondary N) is 1. The van der Waals surface area contributed by atoms with Gasteiger partial charge in [-0.3, -0.25) is 9.69 Å². The summed E-state index contributed by atoms with van der Waals surface area (Å²) in [6.45, 7) is 6.35. The number of carbonyl (C=O) groups excluding carboxylic acids is 1. The van der Waals surface area contributed by atoms with Gasteiger partial charge in [0.15, 0.2) is 0 Å². The van der Waals surface area contributed by atoms with Gasteiger partial charge in [-0.1, -0.05) is 6.07 Å². The topological polar surface area (TPSA) is 66.9 Å². The first-order chi connectivity index (χ1) is 15.7. The number of amides is 1. The van der Waals surface area contributed by atoms with E-state index in [-0.39, 0.29) is 5.91 Å².